The highest BCUT2D eigenvalue weighted by Gasteiger charge is 2.08. The van der Waals surface area contributed by atoms with Crippen LogP contribution in [0.25, 0.3) is 0 Å². The number of allylic oxidation sites excluding steroid dienone is 3. The molecule has 0 atom stereocenters. The average molecular weight is 172 g/mol. The summed E-state index contributed by atoms with van der Waals surface area (Å²) in [4.78, 5) is 0.139. The summed E-state index contributed by atoms with van der Waals surface area (Å²) in [7, 11) is -3.10. The van der Waals surface area contributed by atoms with E-state index in [1.54, 1.807) is 13.0 Å². The molecule has 62 valence electrons. The van der Waals surface area contributed by atoms with Crippen molar-refractivity contribution >= 4 is 9.84 Å². The van der Waals surface area contributed by atoms with Crippen LogP contribution in [0.4, 0.5) is 0 Å². The summed E-state index contributed by atoms with van der Waals surface area (Å²) in [6.45, 7) is 8.42. The summed E-state index contributed by atoms with van der Waals surface area (Å²) in [5, 5.41) is 0. The predicted octanol–water partition coefficient (Wildman–Crippen LogP) is 1.68. The van der Waals surface area contributed by atoms with Crippen LogP contribution >= 0.6 is 0 Å². The smallest absolute Gasteiger partial charge is 0.177 e. The Hall–Kier alpha value is -0.830. The summed E-state index contributed by atoms with van der Waals surface area (Å²) in [5.41, 5.74) is 0. The van der Waals surface area contributed by atoms with E-state index in [-0.39, 0.29) is 10.7 Å². The maximum Gasteiger partial charge on any atom is 0.177 e. The Kier molecular flexibility index (Phi) is 3.82. The lowest BCUT2D eigenvalue weighted by atomic mass is 10.5. The van der Waals surface area contributed by atoms with E-state index >= 15 is 0 Å². The van der Waals surface area contributed by atoms with Crippen LogP contribution in [-0.2, 0) is 9.84 Å². The fourth-order valence-corrected chi connectivity index (χ4v) is 1.12. The van der Waals surface area contributed by atoms with Gasteiger partial charge in [0.15, 0.2) is 9.84 Å². The first-order valence-corrected chi connectivity index (χ1v) is 4.90. The van der Waals surface area contributed by atoms with E-state index in [4.69, 9.17) is 0 Å². The third-order valence-electron chi connectivity index (χ3n) is 1.20. The van der Waals surface area contributed by atoms with E-state index < -0.39 is 9.84 Å². The van der Waals surface area contributed by atoms with Gasteiger partial charge in [0.05, 0.1) is 10.7 Å². The van der Waals surface area contributed by atoms with Gasteiger partial charge in [0.1, 0.15) is 0 Å². The number of rotatable bonds is 4. The van der Waals surface area contributed by atoms with Crippen molar-refractivity contribution in [3.05, 3.63) is 36.3 Å². The fraction of sp³-hybridized carbons (Fsp3) is 0.250. The molecule has 11 heavy (non-hydrogen) atoms. The Morgan fingerprint density at radius 3 is 2.45 bits per heavy atom. The van der Waals surface area contributed by atoms with Gasteiger partial charge in [0.2, 0.25) is 0 Å². The maximum absolute atomic E-state index is 11.0. The van der Waals surface area contributed by atoms with Gasteiger partial charge in [-0.15, -0.1) is 0 Å². The molecular formula is C8H12O2S. The van der Waals surface area contributed by atoms with Crippen molar-refractivity contribution in [1.29, 1.82) is 0 Å². The summed E-state index contributed by atoms with van der Waals surface area (Å²) in [6.07, 6.45) is 4.50. The Labute approximate surface area is 67.9 Å². The number of hydrogen-bond donors (Lipinski definition) is 0. The molecule has 0 radical (unpaired) electrons. The van der Waals surface area contributed by atoms with Crippen molar-refractivity contribution in [2.45, 2.75) is 6.92 Å². The average Bonchev–Trinajstić information content (AvgIpc) is 2.00. The zero-order valence-electron chi connectivity index (χ0n) is 6.58. The van der Waals surface area contributed by atoms with Gasteiger partial charge in [-0.3, -0.25) is 0 Å². The lowest BCUT2D eigenvalue weighted by molar-refractivity contribution is 0.604. The van der Waals surface area contributed by atoms with E-state index in [0.717, 1.165) is 0 Å². The van der Waals surface area contributed by atoms with Gasteiger partial charge in [-0.25, -0.2) is 8.42 Å². The maximum atomic E-state index is 11.0. The highest BCUT2D eigenvalue weighted by atomic mass is 32.2. The van der Waals surface area contributed by atoms with Crippen LogP contribution in [0.15, 0.2) is 36.3 Å². The molecule has 0 aliphatic rings. The molecular weight excluding hydrogens is 160 g/mol. The highest BCUT2D eigenvalue weighted by Crippen LogP contribution is 2.05. The molecule has 2 nitrogen and oxygen atoms in total. The standard InChI is InChI=1S/C8H12O2S/c1-4-6-7-8(3)11(9,10)5-2/h4,6-7H,1,3,5H2,2H3/b7-6-. The van der Waals surface area contributed by atoms with Crippen LogP contribution in [0.1, 0.15) is 6.92 Å². The minimum Gasteiger partial charge on any atom is -0.224 e. The predicted molar refractivity (Wildman–Crippen MR) is 47.9 cm³/mol. The van der Waals surface area contributed by atoms with E-state index in [0.29, 0.717) is 0 Å². The second-order valence-electron chi connectivity index (χ2n) is 1.96. The van der Waals surface area contributed by atoms with Crippen LogP contribution in [0, 0.1) is 0 Å². The summed E-state index contributed by atoms with van der Waals surface area (Å²) in [6, 6.07) is 0. The third kappa shape index (κ3) is 3.18. The van der Waals surface area contributed by atoms with Crippen molar-refractivity contribution in [2.24, 2.45) is 0 Å². The van der Waals surface area contributed by atoms with E-state index in [1.165, 1.54) is 12.2 Å². The molecule has 0 saturated carbocycles. The molecule has 0 aromatic carbocycles. The monoisotopic (exact) mass is 172 g/mol. The minimum atomic E-state index is -3.10. The van der Waals surface area contributed by atoms with Crippen LogP contribution < -0.4 is 0 Å². The Morgan fingerprint density at radius 2 is 2.09 bits per heavy atom. The molecule has 0 aromatic heterocycles. The Bertz CT molecular complexity index is 270. The van der Waals surface area contributed by atoms with Crippen molar-refractivity contribution in [3.63, 3.8) is 0 Å². The SMILES string of the molecule is C=C/C=C\C(=C)S(=O)(=O)CC. The van der Waals surface area contributed by atoms with Gasteiger partial charge in [-0.05, 0) is 6.08 Å². The van der Waals surface area contributed by atoms with Gasteiger partial charge in [-0.1, -0.05) is 32.2 Å². The second kappa shape index (κ2) is 4.13. The molecule has 0 aromatic rings. The molecule has 0 aliphatic heterocycles. The second-order valence-corrected chi connectivity index (χ2v) is 4.30. The summed E-state index contributed by atoms with van der Waals surface area (Å²) < 4.78 is 22.0. The zero-order valence-corrected chi connectivity index (χ0v) is 7.39. The van der Waals surface area contributed by atoms with Gasteiger partial charge in [0, 0.05) is 0 Å². The largest absolute Gasteiger partial charge is 0.224 e. The fourth-order valence-electron chi connectivity index (χ4n) is 0.464. The highest BCUT2D eigenvalue weighted by molar-refractivity contribution is 7.95. The van der Waals surface area contributed by atoms with Crippen LogP contribution in [0.3, 0.4) is 0 Å². The van der Waals surface area contributed by atoms with Gasteiger partial charge < -0.3 is 0 Å². The molecule has 0 fully saturated rings. The first kappa shape index (κ1) is 10.2. The quantitative estimate of drug-likeness (QED) is 0.604. The molecule has 3 heteroatoms. The molecule has 0 bridgehead atoms. The first-order valence-electron chi connectivity index (χ1n) is 3.25. The Morgan fingerprint density at radius 1 is 1.55 bits per heavy atom. The Balaban J connectivity index is 4.51. The van der Waals surface area contributed by atoms with Crippen molar-refractivity contribution in [1.82, 2.24) is 0 Å². The van der Waals surface area contributed by atoms with Gasteiger partial charge in [0.25, 0.3) is 0 Å². The van der Waals surface area contributed by atoms with Gasteiger partial charge in [-0.2, -0.15) is 0 Å². The summed E-state index contributed by atoms with van der Waals surface area (Å²) in [5.74, 6) is 0.0906. The molecule has 0 N–H and O–H groups in total. The molecule has 0 saturated heterocycles. The normalized spacial score (nSPS) is 11.7. The number of sulfone groups is 1. The molecule has 0 unspecified atom stereocenters. The van der Waals surface area contributed by atoms with Crippen LogP contribution in [-0.4, -0.2) is 14.2 Å². The van der Waals surface area contributed by atoms with Crippen molar-refractivity contribution in [2.75, 3.05) is 5.75 Å². The van der Waals surface area contributed by atoms with Crippen LogP contribution in [0.2, 0.25) is 0 Å². The topological polar surface area (TPSA) is 34.1 Å². The third-order valence-corrected chi connectivity index (χ3v) is 2.89. The summed E-state index contributed by atoms with van der Waals surface area (Å²) >= 11 is 0. The molecule has 0 heterocycles. The molecule has 0 spiro atoms. The van der Waals surface area contributed by atoms with Crippen molar-refractivity contribution < 1.29 is 8.42 Å². The molecule has 0 amide bonds. The van der Waals surface area contributed by atoms with E-state index in [2.05, 4.69) is 13.2 Å². The minimum absolute atomic E-state index is 0.0906. The molecule has 0 aliphatic carbocycles. The zero-order chi connectivity index (χ0) is 8.91. The molecule has 0 rings (SSSR count). The van der Waals surface area contributed by atoms with Crippen molar-refractivity contribution in [3.8, 4) is 0 Å². The van der Waals surface area contributed by atoms with Gasteiger partial charge >= 0.3 is 0 Å². The lowest BCUT2D eigenvalue weighted by Crippen LogP contribution is -2.03. The number of hydrogen-bond acceptors (Lipinski definition) is 2. The lowest BCUT2D eigenvalue weighted by Gasteiger charge is -1.97. The first-order chi connectivity index (χ1) is 5.04. The van der Waals surface area contributed by atoms with Crippen LogP contribution in [0.5, 0.6) is 0 Å². The van der Waals surface area contributed by atoms with E-state index in [9.17, 15) is 8.42 Å². The van der Waals surface area contributed by atoms with E-state index in [1.807, 2.05) is 0 Å².